The average Bonchev–Trinajstić information content (AvgIpc) is 2.97. The number of amides is 1. The van der Waals surface area contributed by atoms with Gasteiger partial charge < -0.3 is 10.6 Å². The normalized spacial score (nSPS) is 30.9. The molecule has 1 saturated carbocycles. The van der Waals surface area contributed by atoms with Crippen LogP contribution in [0.3, 0.4) is 0 Å². The van der Waals surface area contributed by atoms with Crippen LogP contribution in [0, 0.1) is 11.8 Å². The van der Waals surface area contributed by atoms with Crippen molar-refractivity contribution >= 4 is 18.3 Å². The first-order valence-electron chi connectivity index (χ1n) is 7.43. The number of hydrogen-bond donors (Lipinski definition) is 2. The van der Waals surface area contributed by atoms with Crippen molar-refractivity contribution in [3.63, 3.8) is 0 Å². The minimum atomic E-state index is 0. The molecule has 0 radical (unpaired) electrons. The molecule has 1 aliphatic heterocycles. The molecule has 2 N–H and O–H groups in total. The second-order valence-electron chi connectivity index (χ2n) is 6.15. The fraction of sp³-hybridized carbons (Fsp3) is 0.562. The van der Waals surface area contributed by atoms with Crippen LogP contribution in [-0.4, -0.2) is 25.0 Å². The van der Waals surface area contributed by atoms with Gasteiger partial charge >= 0.3 is 0 Å². The topological polar surface area (TPSA) is 41.1 Å². The van der Waals surface area contributed by atoms with Crippen LogP contribution < -0.4 is 10.6 Å². The summed E-state index contributed by atoms with van der Waals surface area (Å²) in [4.78, 5) is 12.3. The molecule has 3 atom stereocenters. The van der Waals surface area contributed by atoms with Crippen molar-refractivity contribution in [2.45, 2.75) is 31.2 Å². The Morgan fingerprint density at radius 3 is 2.75 bits per heavy atom. The van der Waals surface area contributed by atoms with Gasteiger partial charge in [0.1, 0.15) is 0 Å². The van der Waals surface area contributed by atoms with Crippen LogP contribution in [0.1, 0.15) is 29.9 Å². The van der Waals surface area contributed by atoms with Gasteiger partial charge in [-0.05, 0) is 49.4 Å². The van der Waals surface area contributed by atoms with Gasteiger partial charge in [-0.2, -0.15) is 0 Å². The number of benzene rings is 1. The molecule has 0 bridgehead atoms. The molecule has 108 valence electrons. The molecule has 4 heteroatoms. The number of fused-ring (bicyclic) bond motifs is 3. The molecule has 1 amide bonds. The quantitative estimate of drug-likeness (QED) is 0.874. The predicted molar refractivity (Wildman–Crippen MR) is 81.1 cm³/mol. The van der Waals surface area contributed by atoms with Crippen molar-refractivity contribution < 1.29 is 4.79 Å². The molecule has 2 fully saturated rings. The van der Waals surface area contributed by atoms with Crippen molar-refractivity contribution in [3.05, 3.63) is 35.4 Å². The molecule has 0 spiro atoms. The Morgan fingerprint density at radius 1 is 1.20 bits per heavy atom. The number of halogens is 1. The molecule has 0 aromatic heterocycles. The molecule has 3 aliphatic rings. The van der Waals surface area contributed by atoms with Gasteiger partial charge in [-0.3, -0.25) is 4.79 Å². The van der Waals surface area contributed by atoms with Crippen molar-refractivity contribution in [2.24, 2.45) is 11.8 Å². The smallest absolute Gasteiger partial charge is 0.223 e. The second-order valence-corrected chi connectivity index (χ2v) is 6.15. The van der Waals surface area contributed by atoms with Crippen molar-refractivity contribution in [1.29, 1.82) is 0 Å². The number of hydrogen-bond acceptors (Lipinski definition) is 2. The van der Waals surface area contributed by atoms with Crippen LogP contribution in [0.15, 0.2) is 24.3 Å². The Balaban J connectivity index is 0.00000121. The minimum Gasteiger partial charge on any atom is -0.352 e. The molecule has 1 saturated heterocycles. The summed E-state index contributed by atoms with van der Waals surface area (Å²) in [7, 11) is 0. The van der Waals surface area contributed by atoms with Gasteiger partial charge in [-0.1, -0.05) is 24.3 Å². The van der Waals surface area contributed by atoms with E-state index in [2.05, 4.69) is 34.9 Å². The van der Waals surface area contributed by atoms with E-state index in [1.807, 2.05) is 0 Å². The van der Waals surface area contributed by atoms with Crippen LogP contribution in [0.25, 0.3) is 0 Å². The highest BCUT2D eigenvalue weighted by Crippen LogP contribution is 2.56. The summed E-state index contributed by atoms with van der Waals surface area (Å²) in [6.45, 7) is 1.97. The summed E-state index contributed by atoms with van der Waals surface area (Å²) in [5.41, 5.74) is 2.97. The lowest BCUT2D eigenvalue weighted by molar-refractivity contribution is -0.126. The molecule has 2 aliphatic carbocycles. The molecule has 1 heterocycles. The van der Waals surface area contributed by atoms with Crippen LogP contribution in [0.5, 0.6) is 0 Å². The van der Waals surface area contributed by atoms with Crippen molar-refractivity contribution in [1.82, 2.24) is 10.6 Å². The van der Waals surface area contributed by atoms with Gasteiger partial charge in [0.2, 0.25) is 5.91 Å². The van der Waals surface area contributed by atoms with E-state index in [1.54, 1.807) is 0 Å². The average molecular weight is 293 g/mol. The summed E-state index contributed by atoms with van der Waals surface area (Å²) in [6.07, 6.45) is 3.13. The molecule has 20 heavy (non-hydrogen) atoms. The fourth-order valence-corrected chi connectivity index (χ4v) is 3.91. The van der Waals surface area contributed by atoms with Gasteiger partial charge in [0.25, 0.3) is 0 Å². The highest BCUT2D eigenvalue weighted by Gasteiger charge is 2.56. The first kappa shape index (κ1) is 13.9. The number of nitrogens with one attached hydrogen (secondary N) is 2. The monoisotopic (exact) mass is 292 g/mol. The zero-order chi connectivity index (χ0) is 12.8. The van der Waals surface area contributed by atoms with Crippen molar-refractivity contribution in [3.8, 4) is 0 Å². The Bertz CT molecular complexity index is 513. The SMILES string of the molecule is Cl.O=C(NC1C2Cc3ccccc3C21)C1CCNCC1. The third-order valence-corrected chi connectivity index (χ3v) is 5.06. The predicted octanol–water partition coefficient (Wildman–Crippen LogP) is 1.86. The molecule has 3 nitrogen and oxygen atoms in total. The molecule has 1 aromatic rings. The van der Waals surface area contributed by atoms with E-state index in [1.165, 1.54) is 11.1 Å². The fourth-order valence-electron chi connectivity index (χ4n) is 3.91. The van der Waals surface area contributed by atoms with Crippen molar-refractivity contribution in [2.75, 3.05) is 13.1 Å². The molecule has 4 rings (SSSR count). The van der Waals surface area contributed by atoms with E-state index in [-0.39, 0.29) is 18.3 Å². The van der Waals surface area contributed by atoms with E-state index in [4.69, 9.17) is 0 Å². The largest absolute Gasteiger partial charge is 0.352 e. The third kappa shape index (κ3) is 2.23. The maximum atomic E-state index is 12.3. The molecular weight excluding hydrogens is 272 g/mol. The zero-order valence-corrected chi connectivity index (χ0v) is 12.3. The highest BCUT2D eigenvalue weighted by molar-refractivity contribution is 5.85. The van der Waals surface area contributed by atoms with Gasteiger partial charge in [-0.25, -0.2) is 0 Å². The summed E-state index contributed by atoms with van der Waals surface area (Å²) < 4.78 is 0. The number of carbonyl (C=O) groups excluding carboxylic acids is 1. The Morgan fingerprint density at radius 2 is 1.95 bits per heavy atom. The van der Waals surface area contributed by atoms with E-state index in [9.17, 15) is 4.79 Å². The van der Waals surface area contributed by atoms with E-state index in [0.29, 0.717) is 23.8 Å². The maximum Gasteiger partial charge on any atom is 0.223 e. The summed E-state index contributed by atoms with van der Waals surface area (Å²) in [5.74, 6) is 1.79. The molecule has 3 unspecified atom stereocenters. The lowest BCUT2D eigenvalue weighted by atomic mass is 9.97. The van der Waals surface area contributed by atoms with Gasteiger partial charge in [0.15, 0.2) is 0 Å². The maximum absolute atomic E-state index is 12.3. The Hall–Kier alpha value is -1.06. The van der Waals surface area contributed by atoms with Gasteiger partial charge in [0.05, 0.1) is 0 Å². The standard InChI is InChI=1S/C16H20N2O.ClH/c19-16(10-5-7-17-8-6-10)18-15-13-9-11-3-1-2-4-12(11)14(13)15;/h1-4,10,13-15,17H,5-9H2,(H,18,19);1H. The minimum absolute atomic E-state index is 0. The Labute approximate surface area is 125 Å². The lowest BCUT2D eigenvalue weighted by Gasteiger charge is -2.22. The summed E-state index contributed by atoms with van der Waals surface area (Å²) in [5, 5.41) is 6.61. The summed E-state index contributed by atoms with van der Waals surface area (Å²) in [6, 6.07) is 9.11. The van der Waals surface area contributed by atoms with E-state index in [0.717, 1.165) is 32.4 Å². The summed E-state index contributed by atoms with van der Waals surface area (Å²) >= 11 is 0. The van der Waals surface area contributed by atoms with Gasteiger partial charge in [0, 0.05) is 17.9 Å². The van der Waals surface area contributed by atoms with Crippen LogP contribution in [0.2, 0.25) is 0 Å². The second kappa shape index (κ2) is 5.38. The lowest BCUT2D eigenvalue weighted by Crippen LogP contribution is -2.40. The number of piperidine rings is 1. The Kier molecular flexibility index (Phi) is 3.74. The number of rotatable bonds is 2. The highest BCUT2D eigenvalue weighted by atomic mass is 35.5. The van der Waals surface area contributed by atoms with Crippen LogP contribution >= 0.6 is 12.4 Å². The molecule has 1 aromatic carbocycles. The third-order valence-electron chi connectivity index (χ3n) is 5.06. The zero-order valence-electron chi connectivity index (χ0n) is 11.5. The van der Waals surface area contributed by atoms with E-state index < -0.39 is 0 Å². The van der Waals surface area contributed by atoms with E-state index >= 15 is 0 Å². The molecular formula is C16H21ClN2O. The number of carbonyl (C=O) groups is 1. The first-order valence-corrected chi connectivity index (χ1v) is 7.43. The van der Waals surface area contributed by atoms with Crippen LogP contribution in [0.4, 0.5) is 0 Å². The van der Waals surface area contributed by atoms with Crippen LogP contribution in [-0.2, 0) is 11.2 Å². The first-order chi connectivity index (χ1) is 9.34. The van der Waals surface area contributed by atoms with Gasteiger partial charge in [-0.15, -0.1) is 12.4 Å².